The number of hydrogen-bond acceptors (Lipinski definition) is 4. The van der Waals surface area contributed by atoms with Crippen LogP contribution in [0.2, 0.25) is 0 Å². The molecule has 0 atom stereocenters. The molecule has 1 saturated heterocycles. The van der Waals surface area contributed by atoms with Gasteiger partial charge in [0, 0.05) is 31.1 Å². The lowest BCUT2D eigenvalue weighted by Crippen LogP contribution is -2.33. The van der Waals surface area contributed by atoms with Crippen molar-refractivity contribution in [1.29, 1.82) is 0 Å². The van der Waals surface area contributed by atoms with Crippen molar-refractivity contribution in [2.24, 2.45) is 5.92 Å². The summed E-state index contributed by atoms with van der Waals surface area (Å²) in [5, 5.41) is 6.84. The van der Waals surface area contributed by atoms with Crippen LogP contribution in [0.3, 0.4) is 0 Å². The zero-order chi connectivity index (χ0) is 13.7. The van der Waals surface area contributed by atoms with E-state index in [2.05, 4.69) is 36.4 Å². The summed E-state index contributed by atoms with van der Waals surface area (Å²) < 4.78 is 0. The van der Waals surface area contributed by atoms with E-state index >= 15 is 0 Å². The van der Waals surface area contributed by atoms with Crippen LogP contribution in [-0.4, -0.2) is 24.1 Å². The Bertz CT molecular complexity index is 367. The van der Waals surface area contributed by atoms with Crippen LogP contribution in [-0.2, 0) is 6.54 Å². The molecule has 0 aliphatic carbocycles. The van der Waals surface area contributed by atoms with E-state index in [0.717, 1.165) is 12.5 Å². The van der Waals surface area contributed by atoms with Crippen molar-refractivity contribution < 1.29 is 0 Å². The van der Waals surface area contributed by atoms with Gasteiger partial charge in [-0.1, -0.05) is 33.6 Å². The van der Waals surface area contributed by atoms with Crippen LogP contribution >= 0.6 is 11.3 Å². The molecule has 0 saturated carbocycles. The Labute approximate surface area is 121 Å². The van der Waals surface area contributed by atoms with Crippen LogP contribution in [0.5, 0.6) is 0 Å². The standard InChI is InChI=1S/C15H27N3S/c1-4-5-13-6-8-18(9-7-13)15-17-14(11-19-15)10-16-12(2)3/h11-13,16H,4-10H2,1-3H3. The third kappa shape index (κ3) is 4.46. The van der Waals surface area contributed by atoms with Crippen LogP contribution in [0.25, 0.3) is 0 Å². The van der Waals surface area contributed by atoms with Crippen molar-refractivity contribution in [3.8, 4) is 0 Å². The van der Waals surface area contributed by atoms with Crippen molar-refractivity contribution in [3.63, 3.8) is 0 Å². The van der Waals surface area contributed by atoms with Crippen molar-refractivity contribution in [2.45, 2.75) is 59.0 Å². The molecule has 1 aromatic rings. The van der Waals surface area contributed by atoms with Crippen LogP contribution in [0, 0.1) is 5.92 Å². The zero-order valence-corrected chi connectivity index (χ0v) is 13.3. The molecule has 0 bridgehead atoms. The quantitative estimate of drug-likeness (QED) is 0.862. The Hall–Kier alpha value is -0.610. The maximum Gasteiger partial charge on any atom is 0.185 e. The van der Waals surface area contributed by atoms with Gasteiger partial charge >= 0.3 is 0 Å². The van der Waals surface area contributed by atoms with E-state index in [-0.39, 0.29) is 0 Å². The highest BCUT2D eigenvalue weighted by molar-refractivity contribution is 7.13. The number of anilines is 1. The van der Waals surface area contributed by atoms with Gasteiger partial charge in [0.1, 0.15) is 0 Å². The Morgan fingerprint density at radius 3 is 2.79 bits per heavy atom. The van der Waals surface area contributed by atoms with Gasteiger partial charge in [0.15, 0.2) is 5.13 Å². The normalized spacial score (nSPS) is 17.4. The van der Waals surface area contributed by atoms with Gasteiger partial charge < -0.3 is 10.2 Å². The Morgan fingerprint density at radius 2 is 2.16 bits per heavy atom. The fourth-order valence-corrected chi connectivity index (χ4v) is 3.53. The van der Waals surface area contributed by atoms with Gasteiger partial charge in [-0.25, -0.2) is 4.98 Å². The van der Waals surface area contributed by atoms with Crippen molar-refractivity contribution >= 4 is 16.5 Å². The topological polar surface area (TPSA) is 28.2 Å². The van der Waals surface area contributed by atoms with Gasteiger partial charge in [0.2, 0.25) is 0 Å². The predicted molar refractivity (Wildman–Crippen MR) is 83.9 cm³/mol. The first-order valence-electron chi connectivity index (χ1n) is 7.61. The molecule has 0 spiro atoms. The van der Waals surface area contributed by atoms with Crippen LogP contribution in [0.1, 0.15) is 52.1 Å². The van der Waals surface area contributed by atoms with Crippen LogP contribution in [0.15, 0.2) is 5.38 Å². The molecule has 0 aromatic carbocycles. The molecule has 0 radical (unpaired) electrons. The number of nitrogens with one attached hydrogen (secondary N) is 1. The van der Waals surface area contributed by atoms with Gasteiger partial charge in [-0.3, -0.25) is 0 Å². The Morgan fingerprint density at radius 1 is 1.42 bits per heavy atom. The highest BCUT2D eigenvalue weighted by atomic mass is 32.1. The second kappa shape index (κ2) is 7.25. The smallest absolute Gasteiger partial charge is 0.185 e. The van der Waals surface area contributed by atoms with Crippen molar-refractivity contribution in [2.75, 3.05) is 18.0 Å². The summed E-state index contributed by atoms with van der Waals surface area (Å²) in [6.45, 7) is 9.91. The largest absolute Gasteiger partial charge is 0.348 e. The van der Waals surface area contributed by atoms with Gasteiger partial charge in [0.25, 0.3) is 0 Å². The van der Waals surface area contributed by atoms with E-state index in [1.807, 2.05) is 0 Å². The second-order valence-electron chi connectivity index (χ2n) is 5.88. The molecule has 2 heterocycles. The molecule has 108 valence electrons. The zero-order valence-electron chi connectivity index (χ0n) is 12.5. The lowest BCUT2D eigenvalue weighted by atomic mass is 9.93. The number of nitrogens with zero attached hydrogens (tertiary/aromatic N) is 2. The average Bonchev–Trinajstić information content (AvgIpc) is 2.86. The maximum absolute atomic E-state index is 4.76. The number of rotatable bonds is 6. The van der Waals surface area contributed by atoms with Crippen LogP contribution < -0.4 is 10.2 Å². The van der Waals surface area contributed by atoms with Crippen molar-refractivity contribution in [3.05, 3.63) is 11.1 Å². The van der Waals surface area contributed by atoms with E-state index in [9.17, 15) is 0 Å². The molecule has 0 amide bonds. The summed E-state index contributed by atoms with van der Waals surface area (Å²) in [7, 11) is 0. The van der Waals surface area contributed by atoms with Gasteiger partial charge in [-0.05, 0) is 18.8 Å². The lowest BCUT2D eigenvalue weighted by molar-refractivity contribution is 0.378. The second-order valence-corrected chi connectivity index (χ2v) is 6.71. The van der Waals surface area contributed by atoms with Gasteiger partial charge in [-0.15, -0.1) is 11.3 Å². The Kier molecular flexibility index (Phi) is 5.64. The van der Waals surface area contributed by atoms with E-state index in [0.29, 0.717) is 6.04 Å². The molecule has 1 aliphatic rings. The average molecular weight is 281 g/mol. The number of thiazole rings is 1. The predicted octanol–water partition coefficient (Wildman–Crippen LogP) is 3.66. The monoisotopic (exact) mass is 281 g/mol. The first kappa shape index (κ1) is 14.8. The maximum atomic E-state index is 4.76. The van der Waals surface area contributed by atoms with E-state index < -0.39 is 0 Å². The van der Waals surface area contributed by atoms with Gasteiger partial charge in [-0.2, -0.15) is 0 Å². The summed E-state index contributed by atoms with van der Waals surface area (Å²) in [6.07, 6.45) is 5.40. The summed E-state index contributed by atoms with van der Waals surface area (Å²) >= 11 is 1.80. The van der Waals surface area contributed by atoms with E-state index in [1.54, 1.807) is 11.3 Å². The third-order valence-corrected chi connectivity index (χ3v) is 4.76. The highest BCUT2D eigenvalue weighted by Gasteiger charge is 2.20. The van der Waals surface area contributed by atoms with E-state index in [1.165, 1.54) is 49.6 Å². The fourth-order valence-electron chi connectivity index (χ4n) is 2.65. The molecule has 19 heavy (non-hydrogen) atoms. The lowest BCUT2D eigenvalue weighted by Gasteiger charge is -2.31. The SMILES string of the molecule is CCCC1CCN(c2nc(CNC(C)C)cs2)CC1. The molecule has 1 aromatic heterocycles. The summed E-state index contributed by atoms with van der Waals surface area (Å²) in [5.74, 6) is 0.947. The summed E-state index contributed by atoms with van der Waals surface area (Å²) in [5.41, 5.74) is 1.18. The Balaban J connectivity index is 1.82. The molecule has 4 heteroatoms. The number of hydrogen-bond donors (Lipinski definition) is 1. The minimum absolute atomic E-state index is 0.523. The molecular weight excluding hydrogens is 254 g/mol. The first-order chi connectivity index (χ1) is 9.19. The molecule has 3 nitrogen and oxygen atoms in total. The molecule has 1 aliphatic heterocycles. The fraction of sp³-hybridized carbons (Fsp3) is 0.800. The van der Waals surface area contributed by atoms with Crippen LogP contribution in [0.4, 0.5) is 5.13 Å². The first-order valence-corrected chi connectivity index (χ1v) is 8.49. The number of aromatic nitrogens is 1. The van der Waals surface area contributed by atoms with Crippen molar-refractivity contribution in [1.82, 2.24) is 10.3 Å². The minimum atomic E-state index is 0.523. The van der Waals surface area contributed by atoms with E-state index in [4.69, 9.17) is 4.98 Å². The minimum Gasteiger partial charge on any atom is -0.348 e. The molecule has 1 N–H and O–H groups in total. The third-order valence-electron chi connectivity index (χ3n) is 3.81. The highest BCUT2D eigenvalue weighted by Crippen LogP contribution is 2.28. The molecule has 2 rings (SSSR count). The number of piperidine rings is 1. The molecule has 1 fully saturated rings. The summed E-state index contributed by atoms with van der Waals surface area (Å²) in [4.78, 5) is 7.23. The molecular formula is C15H27N3S. The van der Waals surface area contributed by atoms with Gasteiger partial charge in [0.05, 0.1) is 5.69 Å². The molecule has 0 unspecified atom stereocenters. The summed E-state index contributed by atoms with van der Waals surface area (Å²) in [6, 6.07) is 0.523.